The average molecular weight is 273 g/mol. The number of hydrogen-bond acceptors (Lipinski definition) is 3. The summed E-state index contributed by atoms with van der Waals surface area (Å²) in [4.78, 5) is 11.4. The van der Waals surface area contributed by atoms with Crippen LogP contribution in [0.15, 0.2) is 29.8 Å². The SMILES string of the molecule is COC(=O)c1ccc(C=C(CNC2CC2)C(C)C)cc1. The molecule has 1 aliphatic carbocycles. The number of esters is 1. The molecule has 0 atom stereocenters. The molecule has 0 bridgehead atoms. The molecular weight excluding hydrogens is 250 g/mol. The maximum Gasteiger partial charge on any atom is 0.337 e. The topological polar surface area (TPSA) is 38.3 Å². The van der Waals surface area contributed by atoms with Crippen LogP contribution in [0.3, 0.4) is 0 Å². The van der Waals surface area contributed by atoms with Gasteiger partial charge in [-0.2, -0.15) is 0 Å². The van der Waals surface area contributed by atoms with Crippen molar-refractivity contribution in [2.24, 2.45) is 5.92 Å². The lowest BCUT2D eigenvalue weighted by molar-refractivity contribution is 0.0601. The Labute approximate surface area is 121 Å². The van der Waals surface area contributed by atoms with Crippen LogP contribution in [0.4, 0.5) is 0 Å². The maximum absolute atomic E-state index is 11.4. The Morgan fingerprint density at radius 3 is 2.50 bits per heavy atom. The van der Waals surface area contributed by atoms with Crippen LogP contribution >= 0.6 is 0 Å². The second kappa shape index (κ2) is 6.71. The maximum atomic E-state index is 11.4. The summed E-state index contributed by atoms with van der Waals surface area (Å²) in [7, 11) is 1.40. The molecule has 1 aliphatic rings. The summed E-state index contributed by atoms with van der Waals surface area (Å²) in [5, 5.41) is 3.55. The number of ether oxygens (including phenoxy) is 1. The molecular formula is C17H23NO2. The largest absolute Gasteiger partial charge is 0.465 e. The van der Waals surface area contributed by atoms with E-state index in [1.165, 1.54) is 25.5 Å². The monoisotopic (exact) mass is 273 g/mol. The van der Waals surface area contributed by atoms with Crippen LogP contribution in [-0.2, 0) is 4.74 Å². The van der Waals surface area contributed by atoms with Gasteiger partial charge in [-0.3, -0.25) is 0 Å². The predicted octanol–water partition coefficient (Wildman–Crippen LogP) is 3.26. The molecule has 0 aromatic heterocycles. The van der Waals surface area contributed by atoms with Crippen molar-refractivity contribution in [3.8, 4) is 0 Å². The van der Waals surface area contributed by atoms with Gasteiger partial charge in [0, 0.05) is 12.6 Å². The molecule has 0 radical (unpaired) electrons. The third kappa shape index (κ3) is 4.20. The summed E-state index contributed by atoms with van der Waals surface area (Å²) >= 11 is 0. The molecule has 0 amide bonds. The van der Waals surface area contributed by atoms with Crippen molar-refractivity contribution < 1.29 is 9.53 Å². The van der Waals surface area contributed by atoms with Gasteiger partial charge in [0.05, 0.1) is 12.7 Å². The van der Waals surface area contributed by atoms with E-state index in [0.29, 0.717) is 11.5 Å². The van der Waals surface area contributed by atoms with Crippen molar-refractivity contribution in [2.45, 2.75) is 32.7 Å². The van der Waals surface area contributed by atoms with E-state index in [0.717, 1.165) is 18.2 Å². The molecule has 0 unspecified atom stereocenters. The van der Waals surface area contributed by atoms with E-state index in [1.54, 1.807) is 0 Å². The van der Waals surface area contributed by atoms with E-state index < -0.39 is 0 Å². The molecule has 20 heavy (non-hydrogen) atoms. The van der Waals surface area contributed by atoms with E-state index in [9.17, 15) is 4.79 Å². The number of methoxy groups -OCH3 is 1. The van der Waals surface area contributed by atoms with Gasteiger partial charge >= 0.3 is 5.97 Å². The summed E-state index contributed by atoms with van der Waals surface area (Å²) in [6.07, 6.45) is 4.82. The predicted molar refractivity (Wildman–Crippen MR) is 81.6 cm³/mol. The second-order valence-electron chi connectivity index (χ2n) is 5.64. The van der Waals surface area contributed by atoms with Crippen molar-refractivity contribution in [1.29, 1.82) is 0 Å². The van der Waals surface area contributed by atoms with Gasteiger partial charge in [-0.1, -0.05) is 37.6 Å². The molecule has 2 rings (SSSR count). The zero-order chi connectivity index (χ0) is 14.5. The second-order valence-corrected chi connectivity index (χ2v) is 5.64. The Kier molecular flexibility index (Phi) is 4.96. The Hall–Kier alpha value is -1.61. The van der Waals surface area contributed by atoms with E-state index in [-0.39, 0.29) is 5.97 Å². The highest BCUT2D eigenvalue weighted by atomic mass is 16.5. The molecule has 0 spiro atoms. The Morgan fingerprint density at radius 2 is 2.00 bits per heavy atom. The smallest absolute Gasteiger partial charge is 0.337 e. The zero-order valence-corrected chi connectivity index (χ0v) is 12.5. The minimum absolute atomic E-state index is 0.292. The molecule has 0 saturated heterocycles. The number of carbonyl (C=O) groups excluding carboxylic acids is 1. The third-order valence-electron chi connectivity index (χ3n) is 3.60. The van der Waals surface area contributed by atoms with Gasteiger partial charge in [0.2, 0.25) is 0 Å². The molecule has 3 heteroatoms. The lowest BCUT2D eigenvalue weighted by atomic mass is 9.99. The molecule has 108 valence electrons. The average Bonchev–Trinajstić information content (AvgIpc) is 3.27. The van der Waals surface area contributed by atoms with Gasteiger partial charge in [0.1, 0.15) is 0 Å². The molecule has 0 heterocycles. The van der Waals surface area contributed by atoms with Gasteiger partial charge in [0.25, 0.3) is 0 Å². The number of nitrogens with one attached hydrogen (secondary N) is 1. The molecule has 3 nitrogen and oxygen atoms in total. The van der Waals surface area contributed by atoms with Crippen molar-refractivity contribution >= 4 is 12.0 Å². The summed E-state index contributed by atoms with van der Waals surface area (Å²) in [6, 6.07) is 8.27. The standard InChI is InChI=1S/C17H23NO2/c1-12(2)15(11-18-16-8-9-16)10-13-4-6-14(7-5-13)17(19)20-3/h4-7,10,12,16,18H,8-9,11H2,1-3H3. The minimum Gasteiger partial charge on any atom is -0.465 e. The van der Waals surface area contributed by atoms with Gasteiger partial charge < -0.3 is 10.1 Å². The molecule has 1 aromatic rings. The molecule has 1 aromatic carbocycles. The fourth-order valence-electron chi connectivity index (χ4n) is 2.02. The van der Waals surface area contributed by atoms with E-state index in [1.807, 2.05) is 24.3 Å². The Bertz CT molecular complexity index is 484. The highest BCUT2D eigenvalue weighted by Crippen LogP contribution is 2.21. The Morgan fingerprint density at radius 1 is 1.35 bits per heavy atom. The lowest BCUT2D eigenvalue weighted by Gasteiger charge is -2.12. The number of hydrogen-bond donors (Lipinski definition) is 1. The van der Waals surface area contributed by atoms with Crippen LogP contribution in [0.25, 0.3) is 6.08 Å². The van der Waals surface area contributed by atoms with Gasteiger partial charge in [-0.25, -0.2) is 4.79 Å². The van der Waals surface area contributed by atoms with E-state index >= 15 is 0 Å². The highest BCUT2D eigenvalue weighted by molar-refractivity contribution is 5.89. The summed E-state index contributed by atoms with van der Waals surface area (Å²) in [5.74, 6) is 0.224. The fraction of sp³-hybridized carbons (Fsp3) is 0.471. The summed E-state index contributed by atoms with van der Waals surface area (Å²) in [6.45, 7) is 5.37. The number of benzene rings is 1. The fourth-order valence-corrected chi connectivity index (χ4v) is 2.02. The first-order valence-corrected chi connectivity index (χ1v) is 7.22. The minimum atomic E-state index is -0.292. The van der Waals surface area contributed by atoms with Crippen LogP contribution < -0.4 is 5.32 Å². The van der Waals surface area contributed by atoms with E-state index in [2.05, 4.69) is 25.2 Å². The first kappa shape index (κ1) is 14.8. The zero-order valence-electron chi connectivity index (χ0n) is 12.5. The molecule has 1 N–H and O–H groups in total. The van der Waals surface area contributed by atoms with Crippen molar-refractivity contribution in [2.75, 3.05) is 13.7 Å². The number of carbonyl (C=O) groups is 1. The van der Waals surface area contributed by atoms with Gasteiger partial charge in [-0.15, -0.1) is 0 Å². The van der Waals surface area contributed by atoms with Crippen LogP contribution in [-0.4, -0.2) is 25.7 Å². The van der Waals surface area contributed by atoms with Crippen LogP contribution in [0, 0.1) is 5.92 Å². The van der Waals surface area contributed by atoms with Gasteiger partial charge in [0.15, 0.2) is 0 Å². The molecule has 1 saturated carbocycles. The molecule has 0 aliphatic heterocycles. The normalized spacial score (nSPS) is 15.5. The van der Waals surface area contributed by atoms with Crippen molar-refractivity contribution in [3.05, 3.63) is 41.0 Å². The molecule has 1 fully saturated rings. The van der Waals surface area contributed by atoms with Crippen LogP contribution in [0.5, 0.6) is 0 Å². The highest BCUT2D eigenvalue weighted by Gasteiger charge is 2.20. The lowest BCUT2D eigenvalue weighted by Crippen LogP contribution is -2.21. The van der Waals surface area contributed by atoms with Crippen molar-refractivity contribution in [1.82, 2.24) is 5.32 Å². The summed E-state index contributed by atoms with van der Waals surface area (Å²) in [5.41, 5.74) is 3.11. The van der Waals surface area contributed by atoms with Crippen molar-refractivity contribution in [3.63, 3.8) is 0 Å². The number of rotatable bonds is 6. The Balaban J connectivity index is 2.06. The van der Waals surface area contributed by atoms with Crippen LogP contribution in [0.2, 0.25) is 0 Å². The summed E-state index contributed by atoms with van der Waals surface area (Å²) < 4.78 is 4.70. The van der Waals surface area contributed by atoms with Gasteiger partial charge in [-0.05, 0) is 36.5 Å². The first-order chi connectivity index (χ1) is 9.60. The first-order valence-electron chi connectivity index (χ1n) is 7.22. The van der Waals surface area contributed by atoms with E-state index in [4.69, 9.17) is 4.74 Å². The van der Waals surface area contributed by atoms with Crippen LogP contribution in [0.1, 0.15) is 42.6 Å². The quantitative estimate of drug-likeness (QED) is 0.808. The third-order valence-corrected chi connectivity index (χ3v) is 3.60.